The van der Waals surface area contributed by atoms with Gasteiger partial charge < -0.3 is 5.73 Å². The molecule has 1 atom stereocenters. The normalized spacial score (nSPS) is 13.1. The van der Waals surface area contributed by atoms with E-state index >= 15 is 0 Å². The Morgan fingerprint density at radius 1 is 0.731 bits per heavy atom. The van der Waals surface area contributed by atoms with Crippen molar-refractivity contribution >= 4 is 0 Å². The molecule has 2 N–H and O–H groups in total. The molecule has 0 amide bonds. The van der Waals surface area contributed by atoms with E-state index in [0.717, 1.165) is 19.3 Å². The number of hydrogen-bond donors (Lipinski definition) is 1. The first-order chi connectivity index (χ1) is 12.7. The van der Waals surface area contributed by atoms with Gasteiger partial charge >= 0.3 is 0 Å². The van der Waals surface area contributed by atoms with Crippen molar-refractivity contribution in [3.8, 4) is 0 Å². The summed E-state index contributed by atoms with van der Waals surface area (Å²) in [7, 11) is 0. The van der Waals surface area contributed by atoms with Gasteiger partial charge in [0.1, 0.15) is 0 Å². The zero-order valence-electron chi connectivity index (χ0n) is 17.9. The Kier molecular flexibility index (Phi) is 12.7. The number of unbranched alkanes of at least 4 members (excludes halogenated alkanes) is 7. The molecule has 0 aromatic heterocycles. The largest absolute Gasteiger partial charge is 0.325 e. The second-order valence-corrected chi connectivity index (χ2v) is 8.38. The van der Waals surface area contributed by atoms with Crippen LogP contribution in [0.25, 0.3) is 0 Å². The molecule has 150 valence electrons. The van der Waals surface area contributed by atoms with Crippen LogP contribution in [0.4, 0.5) is 0 Å². The Bertz CT molecular complexity index is 419. The maximum absolute atomic E-state index is 7.01. The second-order valence-electron chi connectivity index (χ2n) is 8.38. The smallest absolute Gasteiger partial charge is 0.0185 e. The van der Waals surface area contributed by atoms with Crippen LogP contribution in [0.2, 0.25) is 0 Å². The molecular weight excluding hydrogens is 314 g/mol. The maximum atomic E-state index is 7.01. The van der Waals surface area contributed by atoms with E-state index < -0.39 is 0 Å². The van der Waals surface area contributed by atoms with E-state index in [1.54, 1.807) is 0 Å². The SMILES string of the molecule is CCCCCCCCCCC(Cc1ccccc1)C(N)(CCC)CCC. The molecule has 0 aliphatic rings. The van der Waals surface area contributed by atoms with Crippen molar-refractivity contribution in [3.05, 3.63) is 35.9 Å². The lowest BCUT2D eigenvalue weighted by Crippen LogP contribution is -2.48. The van der Waals surface area contributed by atoms with Crippen LogP contribution in [0, 0.1) is 5.92 Å². The summed E-state index contributed by atoms with van der Waals surface area (Å²) >= 11 is 0. The molecule has 0 bridgehead atoms. The van der Waals surface area contributed by atoms with Crippen LogP contribution in [0.1, 0.15) is 110 Å². The summed E-state index contributed by atoms with van der Waals surface area (Å²) in [6.07, 6.45) is 18.3. The molecule has 0 aliphatic carbocycles. The monoisotopic (exact) mass is 359 g/mol. The first-order valence-electron chi connectivity index (χ1n) is 11.5. The predicted octanol–water partition coefficient (Wildman–Crippen LogP) is 7.67. The summed E-state index contributed by atoms with van der Waals surface area (Å²) in [4.78, 5) is 0. The minimum Gasteiger partial charge on any atom is -0.325 e. The number of hydrogen-bond acceptors (Lipinski definition) is 1. The van der Waals surface area contributed by atoms with E-state index in [1.807, 2.05) is 0 Å². The summed E-state index contributed by atoms with van der Waals surface area (Å²) < 4.78 is 0. The van der Waals surface area contributed by atoms with E-state index in [2.05, 4.69) is 51.1 Å². The van der Waals surface area contributed by atoms with Crippen LogP contribution in [-0.4, -0.2) is 5.54 Å². The minimum absolute atomic E-state index is 0.0144. The lowest BCUT2D eigenvalue weighted by atomic mass is 9.72. The van der Waals surface area contributed by atoms with Gasteiger partial charge in [0.15, 0.2) is 0 Å². The van der Waals surface area contributed by atoms with Crippen LogP contribution in [0.15, 0.2) is 30.3 Å². The van der Waals surface area contributed by atoms with Gasteiger partial charge in [-0.3, -0.25) is 0 Å². The standard InChI is InChI=1S/C25H45N/c1-4-7-8-9-10-11-12-16-19-24(22-23-17-14-13-15-18-23)25(26,20-5-2)21-6-3/h13-15,17-18,24H,4-12,16,19-22,26H2,1-3H3. The van der Waals surface area contributed by atoms with Gasteiger partial charge in [-0.2, -0.15) is 0 Å². The van der Waals surface area contributed by atoms with Crippen molar-refractivity contribution in [2.45, 2.75) is 116 Å². The van der Waals surface area contributed by atoms with Crippen molar-refractivity contribution in [2.24, 2.45) is 11.7 Å². The van der Waals surface area contributed by atoms with Gasteiger partial charge in [0.25, 0.3) is 0 Å². The highest BCUT2D eigenvalue weighted by Gasteiger charge is 2.32. The van der Waals surface area contributed by atoms with Gasteiger partial charge in [0.2, 0.25) is 0 Å². The van der Waals surface area contributed by atoms with Gasteiger partial charge in [0.05, 0.1) is 0 Å². The maximum Gasteiger partial charge on any atom is 0.0185 e. The van der Waals surface area contributed by atoms with Crippen LogP contribution in [0.3, 0.4) is 0 Å². The fourth-order valence-corrected chi connectivity index (χ4v) is 4.48. The highest BCUT2D eigenvalue weighted by atomic mass is 14.8. The Morgan fingerprint density at radius 2 is 1.27 bits per heavy atom. The highest BCUT2D eigenvalue weighted by Crippen LogP contribution is 2.33. The third-order valence-corrected chi connectivity index (χ3v) is 5.98. The van der Waals surface area contributed by atoms with Crippen molar-refractivity contribution in [1.82, 2.24) is 0 Å². The van der Waals surface area contributed by atoms with Gasteiger partial charge in [-0.05, 0) is 37.2 Å². The molecule has 0 radical (unpaired) electrons. The molecule has 26 heavy (non-hydrogen) atoms. The molecular formula is C25H45N. The minimum atomic E-state index is 0.0144. The molecule has 1 heteroatoms. The molecule has 0 fully saturated rings. The Hall–Kier alpha value is -0.820. The quantitative estimate of drug-likeness (QED) is 0.301. The van der Waals surface area contributed by atoms with Crippen LogP contribution < -0.4 is 5.73 Å². The molecule has 0 saturated carbocycles. The number of benzene rings is 1. The second kappa shape index (κ2) is 14.3. The lowest BCUT2D eigenvalue weighted by Gasteiger charge is -2.38. The van der Waals surface area contributed by atoms with Crippen molar-refractivity contribution in [2.75, 3.05) is 0 Å². The summed E-state index contributed by atoms with van der Waals surface area (Å²) in [6, 6.07) is 11.0. The Balaban J connectivity index is 2.54. The highest BCUT2D eigenvalue weighted by molar-refractivity contribution is 5.16. The van der Waals surface area contributed by atoms with Crippen molar-refractivity contribution in [1.29, 1.82) is 0 Å². The first-order valence-corrected chi connectivity index (χ1v) is 11.5. The molecule has 0 heterocycles. The van der Waals surface area contributed by atoms with Crippen molar-refractivity contribution in [3.63, 3.8) is 0 Å². The zero-order valence-corrected chi connectivity index (χ0v) is 17.9. The lowest BCUT2D eigenvalue weighted by molar-refractivity contribution is 0.211. The Labute approximate surface area is 164 Å². The first kappa shape index (κ1) is 23.2. The van der Waals surface area contributed by atoms with E-state index in [1.165, 1.54) is 76.2 Å². The van der Waals surface area contributed by atoms with Crippen molar-refractivity contribution < 1.29 is 0 Å². The van der Waals surface area contributed by atoms with Gasteiger partial charge in [-0.15, -0.1) is 0 Å². The fourth-order valence-electron chi connectivity index (χ4n) is 4.48. The average Bonchev–Trinajstić information content (AvgIpc) is 2.64. The zero-order chi connectivity index (χ0) is 19.1. The summed E-state index contributed by atoms with van der Waals surface area (Å²) in [5.41, 5.74) is 8.48. The van der Waals surface area contributed by atoms with Crippen LogP contribution in [-0.2, 0) is 6.42 Å². The fraction of sp³-hybridized carbons (Fsp3) is 0.760. The van der Waals surface area contributed by atoms with Crippen LogP contribution >= 0.6 is 0 Å². The van der Waals surface area contributed by atoms with E-state index in [9.17, 15) is 0 Å². The number of rotatable bonds is 16. The van der Waals surface area contributed by atoms with Gasteiger partial charge in [0, 0.05) is 5.54 Å². The summed E-state index contributed by atoms with van der Waals surface area (Å²) in [5, 5.41) is 0. The van der Waals surface area contributed by atoms with Crippen LogP contribution in [0.5, 0.6) is 0 Å². The molecule has 0 spiro atoms. The Morgan fingerprint density at radius 3 is 1.81 bits per heavy atom. The van der Waals surface area contributed by atoms with Gasteiger partial charge in [-0.25, -0.2) is 0 Å². The topological polar surface area (TPSA) is 26.0 Å². The molecule has 0 saturated heterocycles. The predicted molar refractivity (Wildman–Crippen MR) is 118 cm³/mol. The molecule has 1 rings (SSSR count). The average molecular weight is 360 g/mol. The van der Waals surface area contributed by atoms with E-state index in [4.69, 9.17) is 5.73 Å². The van der Waals surface area contributed by atoms with E-state index in [0.29, 0.717) is 5.92 Å². The summed E-state index contributed by atoms with van der Waals surface area (Å²) in [6.45, 7) is 6.86. The molecule has 1 unspecified atom stereocenters. The third-order valence-electron chi connectivity index (χ3n) is 5.98. The number of nitrogens with two attached hydrogens (primary N) is 1. The van der Waals surface area contributed by atoms with Gasteiger partial charge in [-0.1, -0.05) is 115 Å². The third kappa shape index (κ3) is 9.21. The summed E-state index contributed by atoms with van der Waals surface area (Å²) in [5.74, 6) is 0.616. The van der Waals surface area contributed by atoms with E-state index in [-0.39, 0.29) is 5.54 Å². The molecule has 0 aliphatic heterocycles. The molecule has 1 nitrogen and oxygen atoms in total. The molecule has 1 aromatic rings. The molecule has 1 aromatic carbocycles.